The Morgan fingerprint density at radius 1 is 1.19 bits per heavy atom. The third-order valence-corrected chi connectivity index (χ3v) is 4.72. The van der Waals surface area contributed by atoms with Crippen molar-refractivity contribution in [2.75, 3.05) is 16.8 Å². The molecule has 1 aliphatic heterocycles. The van der Waals surface area contributed by atoms with Gasteiger partial charge in [0.15, 0.2) is 5.58 Å². The quantitative estimate of drug-likeness (QED) is 0.770. The van der Waals surface area contributed by atoms with Crippen molar-refractivity contribution < 1.29 is 14.0 Å². The minimum absolute atomic E-state index is 0.126. The molecular weight excluding hydrogens is 346 g/mol. The van der Waals surface area contributed by atoms with Crippen LogP contribution in [0.2, 0.25) is 0 Å². The first-order chi connectivity index (χ1) is 13.0. The van der Waals surface area contributed by atoms with Crippen molar-refractivity contribution in [1.29, 1.82) is 0 Å². The number of aromatic nitrogens is 1. The molecule has 2 heterocycles. The van der Waals surface area contributed by atoms with Crippen LogP contribution in [0.25, 0.3) is 11.1 Å². The van der Waals surface area contributed by atoms with E-state index < -0.39 is 5.76 Å². The molecule has 0 saturated carbocycles. The number of aryl methyl sites for hydroxylation is 1. The molecule has 138 valence electrons. The maximum atomic E-state index is 12.4. The summed E-state index contributed by atoms with van der Waals surface area (Å²) in [4.78, 5) is 38.1. The number of rotatable bonds is 4. The lowest BCUT2D eigenvalue weighted by Gasteiger charge is -2.19. The normalized spacial score (nSPS) is 14.1. The van der Waals surface area contributed by atoms with Gasteiger partial charge in [-0.05, 0) is 49.2 Å². The zero-order valence-electron chi connectivity index (χ0n) is 14.9. The lowest BCUT2D eigenvalue weighted by Crippen LogP contribution is -2.25. The van der Waals surface area contributed by atoms with E-state index in [1.807, 2.05) is 19.1 Å². The highest BCUT2D eigenvalue weighted by Crippen LogP contribution is 2.27. The maximum absolute atomic E-state index is 12.4. The van der Waals surface area contributed by atoms with Gasteiger partial charge in [-0.1, -0.05) is 12.1 Å². The van der Waals surface area contributed by atoms with Crippen molar-refractivity contribution in [3.8, 4) is 0 Å². The third-order valence-electron chi connectivity index (χ3n) is 4.72. The second-order valence-corrected chi connectivity index (χ2v) is 6.62. The number of nitrogens with one attached hydrogen (secondary N) is 1. The Kier molecular flexibility index (Phi) is 4.27. The molecule has 3 aromatic rings. The average molecular weight is 365 g/mol. The van der Waals surface area contributed by atoms with Crippen LogP contribution in [0.5, 0.6) is 0 Å². The molecule has 1 saturated heterocycles. The molecule has 0 bridgehead atoms. The molecule has 1 fully saturated rings. The Balaban J connectivity index is 1.51. The van der Waals surface area contributed by atoms with Crippen LogP contribution in [0.15, 0.2) is 51.7 Å². The largest absolute Gasteiger partial charge is 0.420 e. The number of benzene rings is 2. The topological polar surface area (TPSA) is 84.6 Å². The van der Waals surface area contributed by atoms with Crippen molar-refractivity contribution >= 4 is 34.3 Å². The van der Waals surface area contributed by atoms with E-state index in [0.717, 1.165) is 24.2 Å². The minimum Gasteiger partial charge on any atom is -0.408 e. The lowest BCUT2D eigenvalue weighted by atomic mass is 10.1. The van der Waals surface area contributed by atoms with Crippen LogP contribution < -0.4 is 16.0 Å². The van der Waals surface area contributed by atoms with E-state index in [9.17, 15) is 14.4 Å². The molecule has 7 heteroatoms. The molecule has 2 amide bonds. The summed E-state index contributed by atoms with van der Waals surface area (Å²) in [6.07, 6.45) is 1.44. The number of carbonyl (C=O) groups is 2. The van der Waals surface area contributed by atoms with E-state index >= 15 is 0 Å². The third kappa shape index (κ3) is 3.23. The molecule has 1 aromatic heterocycles. The van der Waals surface area contributed by atoms with Gasteiger partial charge in [0.1, 0.15) is 6.54 Å². The van der Waals surface area contributed by atoms with Gasteiger partial charge in [-0.2, -0.15) is 0 Å². The molecule has 0 unspecified atom stereocenters. The number of hydrogen-bond acceptors (Lipinski definition) is 4. The van der Waals surface area contributed by atoms with E-state index in [1.54, 1.807) is 35.2 Å². The van der Waals surface area contributed by atoms with Gasteiger partial charge in [0.05, 0.1) is 5.52 Å². The molecule has 0 radical (unpaired) electrons. The van der Waals surface area contributed by atoms with E-state index in [2.05, 4.69) is 5.32 Å². The summed E-state index contributed by atoms with van der Waals surface area (Å²) in [7, 11) is 0. The number of nitrogens with zero attached hydrogens (tertiary/aromatic N) is 2. The highest BCUT2D eigenvalue weighted by atomic mass is 16.4. The van der Waals surface area contributed by atoms with E-state index in [0.29, 0.717) is 23.2 Å². The molecule has 0 spiro atoms. The zero-order chi connectivity index (χ0) is 19.0. The van der Waals surface area contributed by atoms with Gasteiger partial charge >= 0.3 is 5.76 Å². The van der Waals surface area contributed by atoms with Crippen molar-refractivity contribution in [3.05, 3.63) is 58.6 Å². The van der Waals surface area contributed by atoms with Gasteiger partial charge < -0.3 is 14.6 Å². The fourth-order valence-electron chi connectivity index (χ4n) is 3.45. The first kappa shape index (κ1) is 17.1. The SMILES string of the molecule is Cc1cc(NC(=O)Cn2c(=O)oc3ccccc32)ccc1N1CCCC1=O. The predicted octanol–water partition coefficient (Wildman–Crippen LogP) is 2.67. The molecule has 0 aliphatic carbocycles. The number of amides is 2. The van der Waals surface area contributed by atoms with Crippen molar-refractivity contribution in [2.45, 2.75) is 26.3 Å². The number of fused-ring (bicyclic) bond motifs is 1. The molecule has 0 atom stereocenters. The van der Waals surface area contributed by atoms with Gasteiger partial charge in [0.25, 0.3) is 0 Å². The summed E-state index contributed by atoms with van der Waals surface area (Å²) in [5.74, 6) is -0.764. The smallest absolute Gasteiger partial charge is 0.408 e. The molecule has 27 heavy (non-hydrogen) atoms. The van der Waals surface area contributed by atoms with Crippen LogP contribution in [0, 0.1) is 6.92 Å². The molecular formula is C20H19N3O4. The number of hydrogen-bond donors (Lipinski definition) is 1. The van der Waals surface area contributed by atoms with E-state index in [-0.39, 0.29) is 18.4 Å². The first-order valence-electron chi connectivity index (χ1n) is 8.82. The van der Waals surface area contributed by atoms with Gasteiger partial charge in [-0.25, -0.2) is 4.79 Å². The van der Waals surface area contributed by atoms with Crippen LogP contribution in [-0.2, 0) is 16.1 Å². The fourth-order valence-corrected chi connectivity index (χ4v) is 3.45. The number of para-hydroxylation sites is 2. The number of oxazole rings is 1. The summed E-state index contributed by atoms with van der Waals surface area (Å²) in [6.45, 7) is 2.49. The van der Waals surface area contributed by atoms with Gasteiger partial charge in [0, 0.05) is 24.3 Å². The summed E-state index contributed by atoms with van der Waals surface area (Å²) in [5, 5.41) is 2.80. The minimum atomic E-state index is -0.564. The Bertz CT molecular complexity index is 1100. The van der Waals surface area contributed by atoms with Crippen LogP contribution >= 0.6 is 0 Å². The molecule has 4 rings (SSSR count). The second kappa shape index (κ2) is 6.75. The predicted molar refractivity (Wildman–Crippen MR) is 102 cm³/mol. The summed E-state index contributed by atoms with van der Waals surface area (Å²) >= 11 is 0. The number of anilines is 2. The zero-order valence-corrected chi connectivity index (χ0v) is 14.9. The average Bonchev–Trinajstić information content (AvgIpc) is 3.19. The van der Waals surface area contributed by atoms with Crippen molar-refractivity contribution in [2.24, 2.45) is 0 Å². The van der Waals surface area contributed by atoms with Crippen LogP contribution in [0.3, 0.4) is 0 Å². The monoisotopic (exact) mass is 365 g/mol. The standard InChI is InChI=1S/C20H19N3O4/c1-13-11-14(8-9-15(13)22-10-4-7-19(22)25)21-18(24)12-23-16-5-2-3-6-17(16)27-20(23)26/h2-3,5-6,8-9,11H,4,7,10,12H2,1H3,(H,21,24). The number of carbonyl (C=O) groups excluding carboxylic acids is 2. The van der Waals surface area contributed by atoms with E-state index in [4.69, 9.17) is 4.42 Å². The summed E-state index contributed by atoms with van der Waals surface area (Å²) in [6, 6.07) is 12.4. The summed E-state index contributed by atoms with van der Waals surface area (Å²) < 4.78 is 6.44. The molecule has 7 nitrogen and oxygen atoms in total. The van der Waals surface area contributed by atoms with Crippen LogP contribution in [-0.4, -0.2) is 22.9 Å². The van der Waals surface area contributed by atoms with Crippen molar-refractivity contribution in [3.63, 3.8) is 0 Å². The Morgan fingerprint density at radius 3 is 2.74 bits per heavy atom. The maximum Gasteiger partial charge on any atom is 0.420 e. The van der Waals surface area contributed by atoms with E-state index in [1.165, 1.54) is 4.57 Å². The molecule has 2 aromatic carbocycles. The van der Waals surface area contributed by atoms with Gasteiger partial charge in [-0.3, -0.25) is 14.2 Å². The highest BCUT2D eigenvalue weighted by molar-refractivity contribution is 5.97. The Hall–Kier alpha value is -3.35. The highest BCUT2D eigenvalue weighted by Gasteiger charge is 2.23. The van der Waals surface area contributed by atoms with Gasteiger partial charge in [-0.15, -0.1) is 0 Å². The van der Waals surface area contributed by atoms with Crippen molar-refractivity contribution in [1.82, 2.24) is 4.57 Å². The molecule has 1 N–H and O–H groups in total. The second-order valence-electron chi connectivity index (χ2n) is 6.62. The van der Waals surface area contributed by atoms with Gasteiger partial charge in [0.2, 0.25) is 11.8 Å². The Morgan fingerprint density at radius 2 is 2.00 bits per heavy atom. The van der Waals surface area contributed by atoms with Crippen LogP contribution in [0.4, 0.5) is 11.4 Å². The Labute approximate surface area is 155 Å². The van der Waals surface area contributed by atoms with Crippen LogP contribution in [0.1, 0.15) is 18.4 Å². The summed E-state index contributed by atoms with van der Waals surface area (Å²) in [5.41, 5.74) is 3.43. The lowest BCUT2D eigenvalue weighted by molar-refractivity contribution is -0.117. The first-order valence-corrected chi connectivity index (χ1v) is 8.82. The molecule has 1 aliphatic rings. The fraction of sp³-hybridized carbons (Fsp3) is 0.250.